The van der Waals surface area contributed by atoms with Crippen molar-refractivity contribution in [2.24, 2.45) is 0 Å². The van der Waals surface area contributed by atoms with Gasteiger partial charge in [-0.1, -0.05) is 34.7 Å². The number of anilines is 2. The maximum Gasteiger partial charge on any atom is 0.237 e. The largest absolute Gasteiger partial charge is 0.363 e. The Balaban J connectivity index is 1.93. The molecule has 0 saturated carbocycles. The summed E-state index contributed by atoms with van der Waals surface area (Å²) in [6.45, 7) is 1.83. The molecule has 106 valence electrons. The molecule has 0 bridgehead atoms. The van der Waals surface area contributed by atoms with Crippen molar-refractivity contribution in [1.29, 1.82) is 0 Å². The Hall–Kier alpha value is -1.31. The lowest BCUT2D eigenvalue weighted by Gasteiger charge is -2.10. The minimum atomic E-state index is -0.261. The quantitative estimate of drug-likeness (QED) is 0.824. The van der Waals surface area contributed by atoms with Gasteiger partial charge >= 0.3 is 0 Å². The van der Waals surface area contributed by atoms with E-state index in [1.54, 1.807) is 31.3 Å². The van der Waals surface area contributed by atoms with Crippen LogP contribution in [0.3, 0.4) is 0 Å². The Labute approximate surface area is 130 Å². The van der Waals surface area contributed by atoms with E-state index in [1.807, 2.05) is 6.92 Å². The molecule has 1 atom stereocenters. The zero-order valence-electron chi connectivity index (χ0n) is 10.9. The van der Waals surface area contributed by atoms with Crippen molar-refractivity contribution in [2.75, 3.05) is 17.7 Å². The molecule has 1 heterocycles. The van der Waals surface area contributed by atoms with Crippen molar-refractivity contribution in [2.45, 2.75) is 16.5 Å². The molecule has 0 aliphatic carbocycles. The summed E-state index contributed by atoms with van der Waals surface area (Å²) in [5.41, 5.74) is 0.722. The molecule has 2 N–H and O–H groups in total. The molecule has 0 spiro atoms. The van der Waals surface area contributed by atoms with Crippen LogP contribution in [0.2, 0.25) is 5.02 Å². The van der Waals surface area contributed by atoms with E-state index in [1.165, 1.54) is 23.1 Å². The van der Waals surface area contributed by atoms with Crippen LogP contribution in [-0.2, 0) is 4.79 Å². The number of carbonyl (C=O) groups excluding carboxylic acids is 1. The first-order chi connectivity index (χ1) is 9.58. The summed E-state index contributed by atoms with van der Waals surface area (Å²) >= 11 is 8.59. The number of halogens is 1. The molecule has 0 saturated heterocycles. The molecule has 2 rings (SSSR count). The van der Waals surface area contributed by atoms with Gasteiger partial charge in [-0.3, -0.25) is 4.79 Å². The Morgan fingerprint density at radius 1 is 1.35 bits per heavy atom. The fraction of sp³-hybridized carbons (Fsp3) is 0.250. The molecule has 8 heteroatoms. The lowest BCUT2D eigenvalue weighted by atomic mass is 10.3. The standard InChI is InChI=1S/C12H13ClN4OS2/c1-7(19-12-17-16-11(14-2)20-12)10(18)15-9-5-3-8(13)4-6-9/h3-7H,1-2H3,(H,14,16)(H,15,18)/t7-/m0/s1. The highest BCUT2D eigenvalue weighted by Gasteiger charge is 2.17. The molecule has 0 aliphatic heterocycles. The first-order valence-corrected chi connectivity index (χ1v) is 7.90. The Morgan fingerprint density at radius 3 is 2.65 bits per heavy atom. The van der Waals surface area contributed by atoms with Gasteiger partial charge < -0.3 is 10.6 Å². The lowest BCUT2D eigenvalue weighted by Crippen LogP contribution is -2.22. The zero-order chi connectivity index (χ0) is 14.5. The summed E-state index contributed by atoms with van der Waals surface area (Å²) in [6.07, 6.45) is 0. The van der Waals surface area contributed by atoms with Crippen LogP contribution in [0, 0.1) is 0 Å². The summed E-state index contributed by atoms with van der Waals surface area (Å²) in [5.74, 6) is -0.0847. The Bertz CT molecular complexity index is 587. The Morgan fingerprint density at radius 2 is 2.05 bits per heavy atom. The van der Waals surface area contributed by atoms with E-state index < -0.39 is 0 Å². The number of hydrogen-bond acceptors (Lipinski definition) is 6. The molecular formula is C12H13ClN4OS2. The molecule has 1 aromatic carbocycles. The van der Waals surface area contributed by atoms with E-state index in [0.717, 1.165) is 15.2 Å². The number of hydrogen-bond donors (Lipinski definition) is 2. The van der Waals surface area contributed by atoms with Crippen LogP contribution in [0.25, 0.3) is 0 Å². The SMILES string of the molecule is CNc1nnc(S[C@@H](C)C(=O)Nc2ccc(Cl)cc2)s1. The fourth-order valence-electron chi connectivity index (χ4n) is 1.34. The van der Waals surface area contributed by atoms with Gasteiger partial charge in [0.05, 0.1) is 5.25 Å². The van der Waals surface area contributed by atoms with Crippen molar-refractivity contribution in [3.63, 3.8) is 0 Å². The smallest absolute Gasteiger partial charge is 0.237 e. The van der Waals surface area contributed by atoms with E-state index in [-0.39, 0.29) is 11.2 Å². The van der Waals surface area contributed by atoms with Gasteiger partial charge in [0.25, 0.3) is 0 Å². The molecule has 1 amide bonds. The van der Waals surface area contributed by atoms with Crippen molar-refractivity contribution >= 4 is 51.4 Å². The van der Waals surface area contributed by atoms with Crippen molar-refractivity contribution in [3.05, 3.63) is 29.3 Å². The fourth-order valence-corrected chi connectivity index (χ4v) is 3.32. The summed E-state index contributed by atoms with van der Waals surface area (Å²) in [7, 11) is 1.78. The monoisotopic (exact) mass is 328 g/mol. The lowest BCUT2D eigenvalue weighted by molar-refractivity contribution is -0.115. The second-order valence-corrected chi connectivity index (χ2v) is 6.88. The predicted molar refractivity (Wildman–Crippen MR) is 84.9 cm³/mol. The molecule has 0 unspecified atom stereocenters. The predicted octanol–water partition coefficient (Wildman–Crippen LogP) is 3.35. The van der Waals surface area contributed by atoms with Crippen LogP contribution in [0.5, 0.6) is 0 Å². The van der Waals surface area contributed by atoms with Crippen LogP contribution in [-0.4, -0.2) is 28.4 Å². The second kappa shape index (κ2) is 6.92. The second-order valence-electron chi connectivity index (χ2n) is 3.88. The minimum absolute atomic E-state index is 0.0847. The topological polar surface area (TPSA) is 66.9 Å². The number of amides is 1. The van der Waals surface area contributed by atoms with Gasteiger partial charge in [0.1, 0.15) is 0 Å². The summed E-state index contributed by atoms with van der Waals surface area (Å²) in [5, 5.41) is 14.8. The van der Waals surface area contributed by atoms with Gasteiger partial charge in [-0.05, 0) is 31.2 Å². The number of nitrogens with zero attached hydrogens (tertiary/aromatic N) is 2. The first-order valence-electron chi connectivity index (χ1n) is 5.83. The number of benzene rings is 1. The Kier molecular flexibility index (Phi) is 5.22. The van der Waals surface area contributed by atoms with Gasteiger partial charge in [-0.2, -0.15) is 0 Å². The zero-order valence-corrected chi connectivity index (χ0v) is 13.3. The number of aromatic nitrogens is 2. The number of rotatable bonds is 5. The van der Waals surface area contributed by atoms with Gasteiger partial charge in [0.2, 0.25) is 11.0 Å². The van der Waals surface area contributed by atoms with E-state index in [9.17, 15) is 4.79 Å². The molecule has 20 heavy (non-hydrogen) atoms. The molecular weight excluding hydrogens is 316 g/mol. The van der Waals surface area contributed by atoms with E-state index >= 15 is 0 Å². The summed E-state index contributed by atoms with van der Waals surface area (Å²) in [4.78, 5) is 12.1. The van der Waals surface area contributed by atoms with Crippen LogP contribution in [0.4, 0.5) is 10.8 Å². The third-order valence-corrected chi connectivity index (χ3v) is 4.76. The highest BCUT2D eigenvalue weighted by atomic mass is 35.5. The number of carbonyl (C=O) groups is 1. The normalized spacial score (nSPS) is 11.9. The maximum absolute atomic E-state index is 12.1. The van der Waals surface area contributed by atoms with Gasteiger partial charge in [-0.15, -0.1) is 10.2 Å². The van der Waals surface area contributed by atoms with Gasteiger partial charge in [0, 0.05) is 17.8 Å². The summed E-state index contributed by atoms with van der Waals surface area (Å²) in [6, 6.07) is 7.00. The molecule has 1 aromatic heterocycles. The highest BCUT2D eigenvalue weighted by Crippen LogP contribution is 2.29. The van der Waals surface area contributed by atoms with Gasteiger partial charge in [0.15, 0.2) is 4.34 Å². The third kappa shape index (κ3) is 4.09. The highest BCUT2D eigenvalue weighted by molar-refractivity contribution is 8.02. The maximum atomic E-state index is 12.1. The van der Waals surface area contributed by atoms with Crippen LogP contribution >= 0.6 is 34.7 Å². The summed E-state index contributed by atoms with van der Waals surface area (Å²) < 4.78 is 0.758. The van der Waals surface area contributed by atoms with Crippen LogP contribution < -0.4 is 10.6 Å². The molecule has 0 radical (unpaired) electrons. The van der Waals surface area contributed by atoms with Crippen molar-refractivity contribution < 1.29 is 4.79 Å². The molecule has 2 aromatic rings. The van der Waals surface area contributed by atoms with Crippen molar-refractivity contribution in [1.82, 2.24) is 10.2 Å². The molecule has 0 aliphatic rings. The van der Waals surface area contributed by atoms with Crippen LogP contribution in [0.1, 0.15) is 6.92 Å². The molecule has 0 fully saturated rings. The van der Waals surface area contributed by atoms with E-state index in [0.29, 0.717) is 5.02 Å². The van der Waals surface area contributed by atoms with Crippen LogP contribution in [0.15, 0.2) is 28.6 Å². The van der Waals surface area contributed by atoms with E-state index in [2.05, 4.69) is 20.8 Å². The average Bonchev–Trinajstić information content (AvgIpc) is 2.89. The minimum Gasteiger partial charge on any atom is -0.363 e. The van der Waals surface area contributed by atoms with Gasteiger partial charge in [-0.25, -0.2) is 0 Å². The average molecular weight is 329 g/mol. The number of thioether (sulfide) groups is 1. The third-order valence-electron chi connectivity index (χ3n) is 2.38. The molecule has 5 nitrogen and oxygen atoms in total. The number of nitrogens with one attached hydrogen (secondary N) is 2. The first kappa shape index (κ1) is 15.1. The van der Waals surface area contributed by atoms with Crippen molar-refractivity contribution in [3.8, 4) is 0 Å². The van der Waals surface area contributed by atoms with E-state index in [4.69, 9.17) is 11.6 Å².